The van der Waals surface area contributed by atoms with Crippen molar-refractivity contribution in [3.8, 4) is 12.3 Å². The van der Waals surface area contributed by atoms with E-state index in [2.05, 4.69) is 11.3 Å². The molecule has 1 amide bonds. The third-order valence-corrected chi connectivity index (χ3v) is 1.65. The molecule has 0 saturated carbocycles. The van der Waals surface area contributed by atoms with Gasteiger partial charge >= 0.3 is 0 Å². The Morgan fingerprint density at radius 2 is 2.08 bits per heavy atom. The fourth-order valence-electron chi connectivity index (χ4n) is 0.955. The molecule has 1 aromatic rings. The smallest absolute Gasteiger partial charge is 0.238 e. The van der Waals surface area contributed by atoms with Gasteiger partial charge in [-0.1, -0.05) is 18.1 Å². The van der Waals surface area contributed by atoms with Gasteiger partial charge in [0.2, 0.25) is 5.91 Å². The number of carbonyl (C=O) groups excluding carboxylic acids is 1. The Morgan fingerprint density at radius 1 is 1.46 bits per heavy atom. The third-order valence-electron chi connectivity index (χ3n) is 1.65. The molecule has 0 aromatic heterocycles. The van der Waals surface area contributed by atoms with E-state index in [9.17, 15) is 4.79 Å². The molecule has 0 fully saturated rings. The quantitative estimate of drug-likeness (QED) is 0.291. The first-order chi connectivity index (χ1) is 6.26. The summed E-state index contributed by atoms with van der Waals surface area (Å²) in [5, 5.41) is 0. The number of amides is 1. The summed E-state index contributed by atoms with van der Waals surface area (Å²) in [5.74, 6) is 7.23. The van der Waals surface area contributed by atoms with Crippen LogP contribution in [-0.4, -0.2) is 5.91 Å². The summed E-state index contributed by atoms with van der Waals surface area (Å²) >= 11 is 0. The minimum Gasteiger partial charge on any atom is -0.294 e. The first-order valence-corrected chi connectivity index (χ1v) is 3.81. The summed E-state index contributed by atoms with van der Waals surface area (Å²) in [4.78, 5) is 10.9. The molecule has 0 aliphatic carbocycles. The summed E-state index contributed by atoms with van der Waals surface area (Å²) < 4.78 is 0. The molecule has 0 heterocycles. The average molecular weight is 174 g/mol. The zero-order valence-electron chi connectivity index (χ0n) is 7.08. The topological polar surface area (TPSA) is 55.1 Å². The molecule has 3 heteroatoms. The molecule has 3 N–H and O–H groups in total. The molecular formula is C10H10N2O. The van der Waals surface area contributed by atoms with Gasteiger partial charge in [0.25, 0.3) is 0 Å². The fourth-order valence-corrected chi connectivity index (χ4v) is 0.955. The molecule has 0 bridgehead atoms. The number of benzene rings is 1. The van der Waals surface area contributed by atoms with Gasteiger partial charge in [-0.3, -0.25) is 10.2 Å². The largest absolute Gasteiger partial charge is 0.294 e. The summed E-state index contributed by atoms with van der Waals surface area (Å²) in [6.07, 6.45) is 5.46. The second-order valence-corrected chi connectivity index (χ2v) is 2.59. The minimum absolute atomic E-state index is 0.214. The predicted molar refractivity (Wildman–Crippen MR) is 50.4 cm³/mol. The molecule has 0 spiro atoms. The molecule has 0 atom stereocenters. The summed E-state index contributed by atoms with van der Waals surface area (Å²) in [5.41, 5.74) is 3.76. The highest BCUT2D eigenvalue weighted by molar-refractivity contribution is 5.77. The van der Waals surface area contributed by atoms with E-state index in [4.69, 9.17) is 12.3 Å². The van der Waals surface area contributed by atoms with E-state index in [1.165, 1.54) is 0 Å². The zero-order valence-corrected chi connectivity index (χ0v) is 7.08. The molecule has 13 heavy (non-hydrogen) atoms. The van der Waals surface area contributed by atoms with Crippen molar-refractivity contribution in [2.75, 3.05) is 0 Å². The molecule has 0 radical (unpaired) electrons. The number of hydrogen-bond donors (Lipinski definition) is 2. The molecule has 0 unspecified atom stereocenters. The van der Waals surface area contributed by atoms with Gasteiger partial charge in [-0.2, -0.15) is 0 Å². The Labute approximate surface area is 76.9 Å². The van der Waals surface area contributed by atoms with Crippen molar-refractivity contribution >= 4 is 5.91 Å². The molecule has 66 valence electrons. The van der Waals surface area contributed by atoms with Gasteiger partial charge in [0.1, 0.15) is 0 Å². The van der Waals surface area contributed by atoms with Gasteiger partial charge in [0.05, 0.1) is 6.42 Å². The van der Waals surface area contributed by atoms with Crippen LogP contribution >= 0.6 is 0 Å². The molecule has 0 aliphatic heterocycles. The Hall–Kier alpha value is -1.79. The molecule has 0 saturated heterocycles. The Kier molecular flexibility index (Phi) is 3.07. The van der Waals surface area contributed by atoms with Crippen LogP contribution in [0.3, 0.4) is 0 Å². The Morgan fingerprint density at radius 3 is 2.54 bits per heavy atom. The zero-order chi connectivity index (χ0) is 9.68. The normalized spacial score (nSPS) is 8.92. The van der Waals surface area contributed by atoms with Crippen LogP contribution in [0.1, 0.15) is 11.1 Å². The van der Waals surface area contributed by atoms with Crippen LogP contribution in [0.25, 0.3) is 0 Å². The number of hydrogen-bond acceptors (Lipinski definition) is 2. The van der Waals surface area contributed by atoms with Crippen LogP contribution in [0.4, 0.5) is 0 Å². The first kappa shape index (κ1) is 9.30. The lowest BCUT2D eigenvalue weighted by Gasteiger charge is -1.99. The third kappa shape index (κ3) is 2.62. The highest BCUT2D eigenvalue weighted by atomic mass is 16.2. The lowest BCUT2D eigenvalue weighted by molar-refractivity contribution is -0.120. The molecule has 3 nitrogen and oxygen atoms in total. The number of nitrogens with one attached hydrogen (secondary N) is 1. The van der Waals surface area contributed by atoms with Crippen LogP contribution in [0.5, 0.6) is 0 Å². The van der Waals surface area contributed by atoms with Crippen LogP contribution in [0.15, 0.2) is 24.3 Å². The second kappa shape index (κ2) is 4.29. The lowest BCUT2D eigenvalue weighted by Crippen LogP contribution is -2.31. The van der Waals surface area contributed by atoms with Crippen molar-refractivity contribution in [2.24, 2.45) is 5.84 Å². The number of carbonyl (C=O) groups is 1. The maximum Gasteiger partial charge on any atom is 0.238 e. The van der Waals surface area contributed by atoms with Gasteiger partial charge in [0.15, 0.2) is 0 Å². The van der Waals surface area contributed by atoms with Crippen molar-refractivity contribution in [1.29, 1.82) is 0 Å². The summed E-state index contributed by atoms with van der Waals surface area (Å²) in [6.45, 7) is 0. The van der Waals surface area contributed by atoms with E-state index in [1.807, 2.05) is 12.1 Å². The van der Waals surface area contributed by atoms with E-state index in [0.29, 0.717) is 0 Å². The SMILES string of the molecule is C#Cc1ccc(CC(=O)NN)cc1. The number of rotatable bonds is 2. The Bertz CT molecular complexity index is 335. The van der Waals surface area contributed by atoms with Gasteiger partial charge in [-0.15, -0.1) is 6.42 Å². The van der Waals surface area contributed by atoms with Gasteiger partial charge in [0, 0.05) is 5.56 Å². The van der Waals surface area contributed by atoms with Gasteiger partial charge in [-0.05, 0) is 17.7 Å². The number of terminal acetylenes is 1. The van der Waals surface area contributed by atoms with Gasteiger partial charge < -0.3 is 0 Å². The van der Waals surface area contributed by atoms with E-state index in [0.717, 1.165) is 11.1 Å². The van der Waals surface area contributed by atoms with E-state index < -0.39 is 0 Å². The maximum absolute atomic E-state index is 10.9. The molecule has 1 aromatic carbocycles. The van der Waals surface area contributed by atoms with Crippen molar-refractivity contribution in [2.45, 2.75) is 6.42 Å². The molecule has 1 rings (SSSR count). The number of hydrazine groups is 1. The lowest BCUT2D eigenvalue weighted by atomic mass is 10.1. The summed E-state index contributed by atoms with van der Waals surface area (Å²) in [6, 6.07) is 7.20. The fraction of sp³-hybridized carbons (Fsp3) is 0.100. The first-order valence-electron chi connectivity index (χ1n) is 3.81. The monoisotopic (exact) mass is 174 g/mol. The predicted octanol–water partition coefficient (Wildman–Crippen LogP) is 0.200. The van der Waals surface area contributed by atoms with Gasteiger partial charge in [-0.25, -0.2) is 5.84 Å². The van der Waals surface area contributed by atoms with E-state index >= 15 is 0 Å². The van der Waals surface area contributed by atoms with Crippen LogP contribution in [-0.2, 0) is 11.2 Å². The number of nitrogens with two attached hydrogens (primary N) is 1. The molecular weight excluding hydrogens is 164 g/mol. The Balaban J connectivity index is 2.71. The van der Waals surface area contributed by atoms with Crippen molar-refractivity contribution in [1.82, 2.24) is 5.43 Å². The van der Waals surface area contributed by atoms with Crippen LogP contribution in [0, 0.1) is 12.3 Å². The molecule has 0 aliphatic rings. The highest BCUT2D eigenvalue weighted by Gasteiger charge is 1.99. The summed E-state index contributed by atoms with van der Waals surface area (Å²) in [7, 11) is 0. The van der Waals surface area contributed by atoms with Crippen molar-refractivity contribution in [3.05, 3.63) is 35.4 Å². The average Bonchev–Trinajstić information content (AvgIpc) is 2.19. The second-order valence-electron chi connectivity index (χ2n) is 2.59. The highest BCUT2D eigenvalue weighted by Crippen LogP contribution is 2.03. The van der Waals surface area contributed by atoms with E-state index in [1.54, 1.807) is 12.1 Å². The van der Waals surface area contributed by atoms with Crippen LogP contribution in [0.2, 0.25) is 0 Å². The standard InChI is InChI=1S/C10H10N2O/c1-2-8-3-5-9(6-4-8)7-10(13)12-11/h1,3-6H,7,11H2,(H,12,13). The van der Waals surface area contributed by atoms with Crippen LogP contribution < -0.4 is 11.3 Å². The van der Waals surface area contributed by atoms with Crippen molar-refractivity contribution < 1.29 is 4.79 Å². The van der Waals surface area contributed by atoms with E-state index in [-0.39, 0.29) is 12.3 Å². The van der Waals surface area contributed by atoms with Crippen molar-refractivity contribution in [3.63, 3.8) is 0 Å². The minimum atomic E-state index is -0.214. The maximum atomic E-state index is 10.9.